The summed E-state index contributed by atoms with van der Waals surface area (Å²) < 4.78 is 18.9. The fraction of sp³-hybridized carbons (Fsp3) is 0.514. The number of esters is 1. The van der Waals surface area contributed by atoms with Gasteiger partial charge < -0.3 is 14.2 Å². The van der Waals surface area contributed by atoms with Crippen LogP contribution >= 0.6 is 0 Å². The fourth-order valence-electron chi connectivity index (χ4n) is 4.94. The smallest absolute Gasteiger partial charge is 0.347 e. The zero-order valence-corrected chi connectivity index (χ0v) is 25.0. The maximum Gasteiger partial charge on any atom is 0.347 e. The molecule has 0 aliphatic heterocycles. The van der Waals surface area contributed by atoms with E-state index >= 15 is 0 Å². The minimum Gasteiger partial charge on any atom is -0.493 e. The summed E-state index contributed by atoms with van der Waals surface area (Å²) in [5, 5.41) is 1.87. The molecule has 3 aromatic rings. The number of rotatable bonds is 16. The van der Waals surface area contributed by atoms with Gasteiger partial charge in [-0.2, -0.15) is 0 Å². The Bertz CT molecular complexity index is 1200. The van der Waals surface area contributed by atoms with Gasteiger partial charge in [-0.1, -0.05) is 102 Å². The minimum absolute atomic E-state index is 0.413. The Morgan fingerprint density at radius 1 is 0.744 bits per heavy atom. The van der Waals surface area contributed by atoms with Gasteiger partial charge in [0, 0.05) is 10.8 Å². The highest BCUT2D eigenvalue weighted by molar-refractivity contribution is 6.05. The predicted octanol–water partition coefficient (Wildman–Crippen LogP) is 9.87. The molecule has 4 heteroatoms. The third-order valence-electron chi connectivity index (χ3n) is 7.75. The molecule has 3 aromatic carbocycles. The van der Waals surface area contributed by atoms with E-state index in [1.165, 1.54) is 19.3 Å². The molecular weight excluding hydrogens is 484 g/mol. The summed E-state index contributed by atoms with van der Waals surface area (Å²) in [6, 6.07) is 15.7. The molecule has 2 atom stereocenters. The Morgan fingerprint density at radius 3 is 2.00 bits per heavy atom. The van der Waals surface area contributed by atoms with Crippen LogP contribution in [0.15, 0.2) is 48.5 Å². The molecule has 0 saturated heterocycles. The number of carbonyl (C=O) groups excluding carboxylic acids is 1. The lowest BCUT2D eigenvalue weighted by molar-refractivity contribution is 0.0727. The first-order valence-electron chi connectivity index (χ1n) is 15.0. The van der Waals surface area contributed by atoms with E-state index in [2.05, 4.69) is 52.8 Å². The average molecular weight is 533 g/mol. The Labute approximate surface area is 236 Å². The molecule has 4 nitrogen and oxygen atoms in total. The molecule has 0 aliphatic carbocycles. The first-order valence-corrected chi connectivity index (χ1v) is 15.0. The first-order chi connectivity index (χ1) is 18.9. The lowest BCUT2D eigenvalue weighted by atomic mass is 9.99. The van der Waals surface area contributed by atoms with Crippen LogP contribution in [0.5, 0.6) is 17.2 Å². The van der Waals surface area contributed by atoms with E-state index in [0.717, 1.165) is 54.0 Å². The molecule has 0 aliphatic rings. The van der Waals surface area contributed by atoms with E-state index in [0.29, 0.717) is 47.9 Å². The number of aryl methyl sites for hydroxylation is 2. The summed E-state index contributed by atoms with van der Waals surface area (Å²) in [5.74, 6) is 2.35. The summed E-state index contributed by atoms with van der Waals surface area (Å²) in [4.78, 5) is 13.7. The van der Waals surface area contributed by atoms with Crippen molar-refractivity contribution in [3.05, 3.63) is 65.2 Å². The third kappa shape index (κ3) is 8.49. The molecule has 0 aromatic heterocycles. The van der Waals surface area contributed by atoms with Crippen LogP contribution in [0.4, 0.5) is 0 Å². The molecule has 39 heavy (non-hydrogen) atoms. The van der Waals surface area contributed by atoms with Crippen LogP contribution in [0.2, 0.25) is 0 Å². The molecule has 212 valence electrons. The van der Waals surface area contributed by atoms with Crippen molar-refractivity contribution in [2.24, 2.45) is 11.8 Å². The number of benzene rings is 3. The normalized spacial score (nSPS) is 12.8. The van der Waals surface area contributed by atoms with Gasteiger partial charge in [0.2, 0.25) is 0 Å². The van der Waals surface area contributed by atoms with E-state index in [1.54, 1.807) is 0 Å². The topological polar surface area (TPSA) is 44.8 Å². The van der Waals surface area contributed by atoms with Crippen molar-refractivity contribution in [2.45, 2.75) is 92.9 Å². The Hall–Kier alpha value is -3.01. The lowest BCUT2D eigenvalue weighted by Gasteiger charge is -2.22. The van der Waals surface area contributed by atoms with Gasteiger partial charge in [0.15, 0.2) is 0 Å². The standard InChI is InChI=1S/C35H48O4/c1-7-11-16-27(9-3)23-37-33-22-31(35(36)39-32-18-14-13-15-26(32)6)34(29-20-19-25(5)21-30(29)33)38-24-28(10-4)17-12-8-2/h13-15,18-22,27-28H,7-12,16-17,23-24H2,1-6H3. The van der Waals surface area contributed by atoms with Crippen molar-refractivity contribution in [2.75, 3.05) is 13.2 Å². The van der Waals surface area contributed by atoms with Crippen LogP contribution in [-0.2, 0) is 0 Å². The Morgan fingerprint density at radius 2 is 1.38 bits per heavy atom. The van der Waals surface area contributed by atoms with Crippen molar-refractivity contribution in [3.8, 4) is 17.2 Å². The van der Waals surface area contributed by atoms with E-state index < -0.39 is 5.97 Å². The molecule has 0 spiro atoms. The van der Waals surface area contributed by atoms with Crippen molar-refractivity contribution in [3.63, 3.8) is 0 Å². The predicted molar refractivity (Wildman–Crippen MR) is 162 cm³/mol. The average Bonchev–Trinajstić information content (AvgIpc) is 2.94. The zero-order valence-electron chi connectivity index (χ0n) is 25.0. The molecule has 2 unspecified atom stereocenters. The van der Waals surface area contributed by atoms with Crippen LogP contribution < -0.4 is 14.2 Å². The fourth-order valence-corrected chi connectivity index (χ4v) is 4.94. The summed E-state index contributed by atoms with van der Waals surface area (Å²) in [5.41, 5.74) is 2.46. The summed E-state index contributed by atoms with van der Waals surface area (Å²) in [7, 11) is 0. The van der Waals surface area contributed by atoms with Crippen LogP contribution in [0, 0.1) is 25.7 Å². The minimum atomic E-state index is -0.425. The van der Waals surface area contributed by atoms with E-state index in [-0.39, 0.29) is 0 Å². The van der Waals surface area contributed by atoms with Gasteiger partial charge in [0.1, 0.15) is 22.8 Å². The second kappa shape index (κ2) is 15.5. The number of fused-ring (bicyclic) bond motifs is 1. The van der Waals surface area contributed by atoms with Crippen LogP contribution in [0.25, 0.3) is 10.8 Å². The molecule has 0 heterocycles. The van der Waals surface area contributed by atoms with Gasteiger partial charge >= 0.3 is 5.97 Å². The Kier molecular flexibility index (Phi) is 12.2. The van der Waals surface area contributed by atoms with Gasteiger partial charge in [-0.3, -0.25) is 0 Å². The van der Waals surface area contributed by atoms with Gasteiger partial charge in [-0.25, -0.2) is 4.79 Å². The van der Waals surface area contributed by atoms with Crippen molar-refractivity contribution in [1.82, 2.24) is 0 Å². The van der Waals surface area contributed by atoms with E-state index in [4.69, 9.17) is 14.2 Å². The van der Waals surface area contributed by atoms with E-state index in [1.807, 2.05) is 37.3 Å². The molecule has 0 fully saturated rings. The number of hydrogen-bond acceptors (Lipinski definition) is 4. The van der Waals surface area contributed by atoms with Crippen molar-refractivity contribution in [1.29, 1.82) is 0 Å². The number of ether oxygens (including phenoxy) is 3. The largest absolute Gasteiger partial charge is 0.493 e. The second-order valence-electron chi connectivity index (χ2n) is 10.9. The molecule has 0 N–H and O–H groups in total. The van der Waals surface area contributed by atoms with Gasteiger partial charge in [-0.05, 0) is 62.3 Å². The van der Waals surface area contributed by atoms with E-state index in [9.17, 15) is 4.79 Å². The van der Waals surface area contributed by atoms with Crippen LogP contribution in [-0.4, -0.2) is 19.2 Å². The molecule has 0 radical (unpaired) electrons. The number of carbonyl (C=O) groups is 1. The van der Waals surface area contributed by atoms with Gasteiger partial charge in [-0.15, -0.1) is 0 Å². The molecule has 0 amide bonds. The highest BCUT2D eigenvalue weighted by Gasteiger charge is 2.23. The molecule has 0 bridgehead atoms. The SMILES string of the molecule is CCCCC(CC)COc1cc(C(=O)Oc2ccccc2C)c(OCC(CC)CCCC)c2ccc(C)cc12. The number of hydrogen-bond donors (Lipinski definition) is 0. The van der Waals surface area contributed by atoms with Crippen molar-refractivity contribution >= 4 is 16.7 Å². The summed E-state index contributed by atoms with van der Waals surface area (Å²) in [6.07, 6.45) is 9.07. The quantitative estimate of drug-likeness (QED) is 0.136. The van der Waals surface area contributed by atoms with Crippen molar-refractivity contribution < 1.29 is 19.0 Å². The lowest BCUT2D eigenvalue weighted by Crippen LogP contribution is -2.17. The first kappa shape index (κ1) is 30.5. The third-order valence-corrected chi connectivity index (χ3v) is 7.75. The second-order valence-corrected chi connectivity index (χ2v) is 10.9. The summed E-state index contributed by atoms with van der Waals surface area (Å²) >= 11 is 0. The maximum atomic E-state index is 13.7. The molecular formula is C35H48O4. The number of unbranched alkanes of at least 4 members (excludes halogenated alkanes) is 2. The maximum absolute atomic E-state index is 13.7. The van der Waals surface area contributed by atoms with Crippen LogP contribution in [0.3, 0.4) is 0 Å². The molecule has 3 rings (SSSR count). The highest BCUT2D eigenvalue weighted by Crippen LogP contribution is 2.39. The molecule has 0 saturated carbocycles. The monoisotopic (exact) mass is 532 g/mol. The van der Waals surface area contributed by atoms with Crippen LogP contribution in [0.1, 0.15) is 101 Å². The van der Waals surface area contributed by atoms with Gasteiger partial charge in [0.25, 0.3) is 0 Å². The zero-order chi connectivity index (χ0) is 28.2. The summed E-state index contributed by atoms with van der Waals surface area (Å²) in [6.45, 7) is 14.1. The number of para-hydroxylation sites is 1. The highest BCUT2D eigenvalue weighted by atomic mass is 16.5. The Balaban J connectivity index is 2.05. The van der Waals surface area contributed by atoms with Gasteiger partial charge in [0.05, 0.1) is 13.2 Å².